The van der Waals surface area contributed by atoms with Gasteiger partial charge in [0, 0.05) is 5.69 Å². The first-order chi connectivity index (χ1) is 8.59. The summed E-state index contributed by atoms with van der Waals surface area (Å²) in [5.74, 6) is 0. The van der Waals surface area contributed by atoms with Crippen molar-refractivity contribution >= 4 is 30.8 Å². The van der Waals surface area contributed by atoms with Gasteiger partial charge in [-0.25, -0.2) is 0 Å². The van der Waals surface area contributed by atoms with Gasteiger partial charge in [0.2, 0.25) is 0 Å². The van der Waals surface area contributed by atoms with Gasteiger partial charge in [0.05, 0.1) is 13.2 Å². The topological polar surface area (TPSA) is 66.0 Å². The van der Waals surface area contributed by atoms with Crippen LogP contribution in [0, 0.1) is 0 Å². The monoisotopic (exact) mass is 392 g/mol. The molecule has 0 aliphatic rings. The van der Waals surface area contributed by atoms with Crippen LogP contribution in [0.5, 0.6) is 0 Å². The average molecular weight is 392 g/mol. The minimum atomic E-state index is -3.21. The van der Waals surface area contributed by atoms with Crippen molar-refractivity contribution in [3.05, 3.63) is 35.4 Å². The molecule has 19 heavy (non-hydrogen) atoms. The average Bonchev–Trinajstić information content (AvgIpc) is 2.30. The molecule has 0 saturated heterocycles. The van der Waals surface area contributed by atoms with E-state index in [-0.39, 0.29) is 24.6 Å². The predicted molar refractivity (Wildman–Crippen MR) is 79.3 cm³/mol. The van der Waals surface area contributed by atoms with Crippen LogP contribution in [-0.4, -0.2) is 22.9 Å². The van der Waals surface area contributed by atoms with Gasteiger partial charge in [0.25, 0.3) is 0 Å². The van der Waals surface area contributed by atoms with Gasteiger partial charge in [-0.1, -0.05) is 18.2 Å². The summed E-state index contributed by atoms with van der Waals surface area (Å²) in [5.41, 5.74) is 0.825. The molecular formula is C11H18N2O3PRhS+4. The SMILES string of the molecule is CCOP(=[OH+])([N-]C(=[SH+])Nc1ccccc1)OCC.[Rh+3]. The van der Waals surface area contributed by atoms with Crippen molar-refractivity contribution in [2.24, 2.45) is 0 Å². The Morgan fingerprint density at radius 1 is 1.26 bits per heavy atom. The fourth-order valence-electron chi connectivity index (χ4n) is 1.23. The Labute approximate surface area is 131 Å². The van der Waals surface area contributed by atoms with Gasteiger partial charge in [0.1, 0.15) is 0 Å². The molecule has 1 aromatic rings. The molecule has 0 heterocycles. The van der Waals surface area contributed by atoms with E-state index >= 15 is 0 Å². The maximum Gasteiger partial charge on any atom is 3.00 e. The summed E-state index contributed by atoms with van der Waals surface area (Å²) in [6.07, 6.45) is 0. The van der Waals surface area contributed by atoms with Crippen LogP contribution >= 0.6 is 7.75 Å². The van der Waals surface area contributed by atoms with E-state index in [9.17, 15) is 4.57 Å². The molecule has 2 N–H and O–H groups in total. The summed E-state index contributed by atoms with van der Waals surface area (Å²) < 4.78 is 20.3. The first kappa shape index (κ1) is 18.8. The van der Waals surface area contributed by atoms with E-state index in [1.165, 1.54) is 0 Å². The molecule has 0 aromatic heterocycles. The van der Waals surface area contributed by atoms with Crippen molar-refractivity contribution < 1.29 is 33.1 Å². The molecule has 0 aliphatic heterocycles. The Morgan fingerprint density at radius 2 is 1.79 bits per heavy atom. The molecule has 0 bridgehead atoms. The molecule has 0 fully saturated rings. The van der Waals surface area contributed by atoms with Crippen LogP contribution in [-0.2, 0) is 40.7 Å². The maximum atomic E-state index is 10.0. The van der Waals surface area contributed by atoms with Crippen molar-refractivity contribution in [3.8, 4) is 0 Å². The van der Waals surface area contributed by atoms with E-state index in [1.54, 1.807) is 13.8 Å². The first-order valence-electron chi connectivity index (χ1n) is 5.61. The number of anilines is 1. The van der Waals surface area contributed by atoms with Gasteiger partial charge in [-0.05, 0) is 26.0 Å². The molecule has 8 heteroatoms. The molecule has 0 spiro atoms. The molecule has 1 aromatic carbocycles. The Hall–Kier alpha value is -0.157. The normalized spacial score (nSPS) is 10.6. The van der Waals surface area contributed by atoms with E-state index in [2.05, 4.69) is 22.6 Å². The molecule has 106 valence electrons. The van der Waals surface area contributed by atoms with E-state index in [4.69, 9.17) is 9.05 Å². The number of thiol groups is 1. The smallest absolute Gasteiger partial charge is 0.408 e. The second kappa shape index (κ2) is 9.70. The third-order valence-corrected chi connectivity index (χ3v) is 3.86. The quantitative estimate of drug-likeness (QED) is 0.266. The zero-order valence-corrected chi connectivity index (χ0v) is 14.2. The number of hydrogen-bond donors (Lipinski definition) is 1. The summed E-state index contributed by atoms with van der Waals surface area (Å²) in [6, 6.07) is 9.41. The molecule has 1 rings (SSSR count). The molecule has 0 saturated carbocycles. The zero-order chi connectivity index (χ0) is 13.4. The number of para-hydroxylation sites is 1. The van der Waals surface area contributed by atoms with Gasteiger partial charge in [0.15, 0.2) is 17.3 Å². The second-order valence-corrected chi connectivity index (χ2v) is 5.36. The predicted octanol–water partition coefficient (Wildman–Crippen LogP) is 2.96. The van der Waals surface area contributed by atoms with E-state index in [0.29, 0.717) is 13.2 Å². The molecule has 0 aliphatic carbocycles. The van der Waals surface area contributed by atoms with Gasteiger partial charge in [-0.15, -0.1) is 0 Å². The van der Waals surface area contributed by atoms with Crippen LogP contribution in [0.15, 0.2) is 30.3 Å². The number of rotatable bonds is 6. The third-order valence-electron chi connectivity index (χ3n) is 1.85. The van der Waals surface area contributed by atoms with Gasteiger partial charge >= 0.3 is 27.2 Å². The number of hydrogen-bond acceptors (Lipinski definition) is 2. The minimum Gasteiger partial charge on any atom is -0.408 e. The van der Waals surface area contributed by atoms with E-state index in [0.717, 1.165) is 5.69 Å². The van der Waals surface area contributed by atoms with Crippen LogP contribution < -0.4 is 5.32 Å². The molecular weight excluding hydrogens is 374 g/mol. The largest absolute Gasteiger partial charge is 3.00 e. The summed E-state index contributed by atoms with van der Waals surface area (Å²) in [7, 11) is -3.21. The van der Waals surface area contributed by atoms with Crippen molar-refractivity contribution in [1.82, 2.24) is 0 Å². The maximum absolute atomic E-state index is 10.0. The number of benzene rings is 1. The van der Waals surface area contributed by atoms with Crippen LogP contribution in [0.25, 0.3) is 5.09 Å². The summed E-state index contributed by atoms with van der Waals surface area (Å²) in [6.45, 7) is 4.17. The van der Waals surface area contributed by atoms with E-state index in [1.807, 2.05) is 30.3 Å². The molecule has 0 amide bonds. The molecule has 0 atom stereocenters. The Kier molecular flexibility index (Phi) is 9.62. The Morgan fingerprint density at radius 3 is 2.26 bits per heavy atom. The molecule has 0 unspecified atom stereocenters. The Balaban J connectivity index is 0.00000324. The van der Waals surface area contributed by atoms with Crippen LogP contribution in [0.2, 0.25) is 0 Å². The zero-order valence-electron chi connectivity index (χ0n) is 10.7. The summed E-state index contributed by atoms with van der Waals surface area (Å²) in [5, 5.41) is 7.16. The number of nitrogens with one attached hydrogen (secondary N) is 1. The fraction of sp³-hybridized carbons (Fsp3) is 0.364. The van der Waals surface area contributed by atoms with Crippen molar-refractivity contribution in [3.63, 3.8) is 0 Å². The summed E-state index contributed by atoms with van der Waals surface area (Å²) >= 11 is 4.17. The Bertz CT molecular complexity index is 423. The first-order valence-corrected chi connectivity index (χ1v) is 7.59. The van der Waals surface area contributed by atoms with Crippen molar-refractivity contribution in [2.45, 2.75) is 13.8 Å². The van der Waals surface area contributed by atoms with Crippen LogP contribution in [0.1, 0.15) is 13.8 Å². The van der Waals surface area contributed by atoms with Gasteiger partial charge < -0.3 is 10.4 Å². The number of nitrogens with zero attached hydrogens (tertiary/aromatic N) is 1. The van der Waals surface area contributed by atoms with E-state index < -0.39 is 7.75 Å². The van der Waals surface area contributed by atoms with Crippen molar-refractivity contribution in [1.29, 1.82) is 0 Å². The summed E-state index contributed by atoms with van der Waals surface area (Å²) in [4.78, 5) is 0. The third kappa shape index (κ3) is 7.26. The van der Waals surface area contributed by atoms with Gasteiger partial charge in [-0.2, -0.15) is 0 Å². The van der Waals surface area contributed by atoms with Crippen LogP contribution in [0.4, 0.5) is 5.69 Å². The molecule has 0 radical (unpaired) electrons. The fourth-order valence-corrected chi connectivity index (χ4v) is 2.85. The molecule has 5 nitrogen and oxygen atoms in total. The van der Waals surface area contributed by atoms with Crippen LogP contribution in [0.3, 0.4) is 0 Å². The second-order valence-electron chi connectivity index (χ2n) is 3.24. The standard InChI is InChI=1S/C11H17N2O3PS.Rh/c1-3-15-17(14,16-4-2)13-11(18)12-10-8-6-5-7-9-10;/h5-9H,3-4H2,1-2H3,(H2,12,13,14,18);/q;+3/p+1. The van der Waals surface area contributed by atoms with Crippen molar-refractivity contribution in [2.75, 3.05) is 18.5 Å². The van der Waals surface area contributed by atoms with Gasteiger partial charge in [-0.3, -0.25) is 13.6 Å². The minimum absolute atomic E-state index is 0.